The number of aryl methyl sites for hydroxylation is 1. The van der Waals surface area contributed by atoms with Crippen molar-refractivity contribution in [1.29, 1.82) is 0 Å². The number of hydrogen-bond acceptors (Lipinski definition) is 4. The van der Waals surface area contributed by atoms with E-state index >= 15 is 0 Å². The molecule has 0 fully saturated rings. The maximum absolute atomic E-state index is 13.4. The van der Waals surface area contributed by atoms with Crippen LogP contribution in [-0.4, -0.2) is 19.7 Å². The minimum atomic E-state index is -4.50. The maximum atomic E-state index is 13.4. The molecule has 154 valence electrons. The van der Waals surface area contributed by atoms with Crippen LogP contribution in [0.3, 0.4) is 0 Å². The fourth-order valence-electron chi connectivity index (χ4n) is 3.44. The van der Waals surface area contributed by atoms with E-state index in [1.807, 2.05) is 31.2 Å². The van der Waals surface area contributed by atoms with Gasteiger partial charge in [0, 0.05) is 22.7 Å². The lowest BCUT2D eigenvalue weighted by atomic mass is 9.94. The van der Waals surface area contributed by atoms with Gasteiger partial charge in [-0.05, 0) is 53.4 Å². The highest BCUT2D eigenvalue weighted by Crippen LogP contribution is 2.39. The Bertz CT molecular complexity index is 1370. The molecule has 3 nitrogen and oxygen atoms in total. The van der Waals surface area contributed by atoms with Crippen molar-refractivity contribution in [3.8, 4) is 21.6 Å². The summed E-state index contributed by atoms with van der Waals surface area (Å²) in [7, 11) is -3.30. The fourth-order valence-corrected chi connectivity index (χ4v) is 5.36. The fraction of sp³-hybridized carbons (Fsp3) is 0.136. The zero-order valence-corrected chi connectivity index (χ0v) is 17.6. The minimum Gasteiger partial charge on any atom is -0.255 e. The summed E-state index contributed by atoms with van der Waals surface area (Å²) >= 11 is 1.16. The molecular weight excluding hydrogens is 431 g/mol. The zero-order valence-electron chi connectivity index (χ0n) is 16.0. The normalized spacial score (nSPS) is 12.4. The lowest BCUT2D eigenvalue weighted by Crippen LogP contribution is -2.07. The molecule has 0 atom stereocenters. The molecule has 0 spiro atoms. The molecule has 8 heteroatoms. The Labute approximate surface area is 175 Å². The number of hydrogen-bond donors (Lipinski definition) is 0. The Morgan fingerprint density at radius 1 is 0.967 bits per heavy atom. The van der Waals surface area contributed by atoms with Gasteiger partial charge >= 0.3 is 6.18 Å². The lowest BCUT2D eigenvalue weighted by Gasteiger charge is -2.15. The Kier molecular flexibility index (Phi) is 4.94. The number of halogens is 3. The van der Waals surface area contributed by atoms with Crippen molar-refractivity contribution in [2.45, 2.75) is 17.3 Å². The molecule has 0 aliphatic heterocycles. The molecule has 30 heavy (non-hydrogen) atoms. The molecule has 2 aromatic heterocycles. The molecule has 0 saturated carbocycles. The average Bonchev–Trinajstić information content (AvgIpc) is 3.17. The molecule has 0 unspecified atom stereocenters. The quantitative estimate of drug-likeness (QED) is 0.367. The number of benzene rings is 2. The third kappa shape index (κ3) is 3.73. The summed E-state index contributed by atoms with van der Waals surface area (Å²) in [6, 6.07) is 14.7. The second-order valence-electron chi connectivity index (χ2n) is 6.99. The van der Waals surface area contributed by atoms with Gasteiger partial charge in [-0.3, -0.25) is 4.98 Å². The topological polar surface area (TPSA) is 47.0 Å². The molecule has 4 aromatic rings. The molecule has 0 aliphatic rings. The van der Waals surface area contributed by atoms with Gasteiger partial charge in [0.15, 0.2) is 9.84 Å². The van der Waals surface area contributed by atoms with E-state index in [0.717, 1.165) is 45.2 Å². The van der Waals surface area contributed by atoms with Gasteiger partial charge in [-0.25, -0.2) is 8.42 Å². The van der Waals surface area contributed by atoms with Crippen LogP contribution in [0.1, 0.15) is 11.1 Å². The number of rotatable bonds is 3. The van der Waals surface area contributed by atoms with Crippen LogP contribution in [0.25, 0.3) is 32.5 Å². The second kappa shape index (κ2) is 7.21. The van der Waals surface area contributed by atoms with E-state index in [-0.39, 0.29) is 9.73 Å². The van der Waals surface area contributed by atoms with E-state index < -0.39 is 21.6 Å². The third-order valence-corrected chi connectivity index (χ3v) is 7.73. The summed E-state index contributed by atoms with van der Waals surface area (Å²) in [5, 5.41) is 0.421. The van der Waals surface area contributed by atoms with Crippen molar-refractivity contribution in [2.24, 2.45) is 0 Å². The van der Waals surface area contributed by atoms with Crippen LogP contribution in [0.15, 0.2) is 65.0 Å². The van der Waals surface area contributed by atoms with Gasteiger partial charge < -0.3 is 0 Å². The molecule has 0 amide bonds. The second-order valence-corrected chi connectivity index (χ2v) is 10.3. The van der Waals surface area contributed by atoms with E-state index in [9.17, 15) is 21.6 Å². The highest BCUT2D eigenvalue weighted by atomic mass is 32.2. The highest BCUT2D eigenvalue weighted by molar-refractivity contribution is 7.92. The monoisotopic (exact) mass is 447 g/mol. The number of sulfone groups is 1. The summed E-state index contributed by atoms with van der Waals surface area (Å²) in [5.41, 5.74) is 2.10. The zero-order chi connectivity index (χ0) is 21.7. The summed E-state index contributed by atoms with van der Waals surface area (Å²) in [6.07, 6.45) is -1.89. The van der Waals surface area contributed by atoms with Crippen molar-refractivity contribution in [2.75, 3.05) is 6.26 Å². The molecule has 0 bridgehead atoms. The van der Waals surface area contributed by atoms with Crippen molar-refractivity contribution in [3.05, 3.63) is 71.9 Å². The number of nitrogens with zero attached hydrogens (tertiary/aromatic N) is 1. The molecular formula is C22H16F3NO2S2. The third-order valence-electron chi connectivity index (χ3n) is 4.77. The van der Waals surface area contributed by atoms with Crippen LogP contribution in [-0.2, 0) is 16.0 Å². The Morgan fingerprint density at radius 3 is 2.33 bits per heavy atom. The van der Waals surface area contributed by atoms with Gasteiger partial charge in [-0.1, -0.05) is 30.3 Å². The van der Waals surface area contributed by atoms with Crippen LogP contribution < -0.4 is 0 Å². The number of para-hydroxylation sites is 1. The van der Waals surface area contributed by atoms with E-state index in [2.05, 4.69) is 4.98 Å². The predicted molar refractivity (Wildman–Crippen MR) is 113 cm³/mol. The van der Waals surface area contributed by atoms with E-state index in [1.54, 1.807) is 18.2 Å². The number of fused-ring (bicyclic) bond motifs is 1. The van der Waals surface area contributed by atoms with E-state index in [0.29, 0.717) is 10.9 Å². The molecule has 4 rings (SSSR count). The summed E-state index contributed by atoms with van der Waals surface area (Å²) < 4.78 is 64.2. The number of aromatic nitrogens is 1. The summed E-state index contributed by atoms with van der Waals surface area (Å²) in [4.78, 5) is 4.83. The first-order chi connectivity index (χ1) is 14.1. The van der Waals surface area contributed by atoms with Crippen LogP contribution in [0, 0.1) is 6.92 Å². The van der Waals surface area contributed by atoms with Crippen molar-refractivity contribution < 1.29 is 21.6 Å². The van der Waals surface area contributed by atoms with E-state index in [4.69, 9.17) is 0 Å². The summed E-state index contributed by atoms with van der Waals surface area (Å²) in [5.74, 6) is 0. The molecule has 0 N–H and O–H groups in total. The molecule has 2 heterocycles. The highest BCUT2D eigenvalue weighted by Gasteiger charge is 2.33. The van der Waals surface area contributed by atoms with Gasteiger partial charge in [-0.2, -0.15) is 13.2 Å². The first-order valence-electron chi connectivity index (χ1n) is 8.92. The first-order valence-corrected chi connectivity index (χ1v) is 11.6. The molecule has 0 saturated heterocycles. The average molecular weight is 448 g/mol. The Morgan fingerprint density at radius 2 is 1.67 bits per heavy atom. The van der Waals surface area contributed by atoms with Crippen molar-refractivity contribution >= 4 is 32.1 Å². The Hall–Kier alpha value is -2.71. The van der Waals surface area contributed by atoms with Crippen LogP contribution in [0.4, 0.5) is 13.2 Å². The van der Waals surface area contributed by atoms with Gasteiger partial charge in [0.25, 0.3) is 0 Å². The number of alkyl halides is 3. The number of pyridine rings is 1. The van der Waals surface area contributed by atoms with Gasteiger partial charge in [-0.15, -0.1) is 11.3 Å². The number of thiophene rings is 1. The van der Waals surface area contributed by atoms with Crippen LogP contribution in [0.5, 0.6) is 0 Å². The van der Waals surface area contributed by atoms with Gasteiger partial charge in [0.2, 0.25) is 0 Å². The largest absolute Gasteiger partial charge is 0.418 e. The molecule has 0 aliphatic carbocycles. The molecule has 2 aromatic carbocycles. The molecule has 0 radical (unpaired) electrons. The summed E-state index contributed by atoms with van der Waals surface area (Å²) in [6.45, 7) is 1.81. The maximum Gasteiger partial charge on any atom is 0.418 e. The minimum absolute atomic E-state index is 0.0912. The van der Waals surface area contributed by atoms with Crippen LogP contribution in [0.2, 0.25) is 0 Å². The van der Waals surface area contributed by atoms with Gasteiger partial charge in [0.05, 0.1) is 11.1 Å². The lowest BCUT2D eigenvalue weighted by molar-refractivity contribution is -0.136. The Balaban J connectivity index is 1.91. The smallest absolute Gasteiger partial charge is 0.255 e. The van der Waals surface area contributed by atoms with Crippen molar-refractivity contribution in [1.82, 2.24) is 4.98 Å². The predicted octanol–water partition coefficient (Wildman–Crippen LogP) is 6.36. The SMILES string of the molecule is Cc1cnc2c(C(F)(F)F)cccc2c1-c1cccc(-c2ccc(S(C)(=O)=O)s2)c1. The first kappa shape index (κ1) is 20.6. The van der Waals surface area contributed by atoms with Crippen LogP contribution >= 0.6 is 11.3 Å². The van der Waals surface area contributed by atoms with Gasteiger partial charge in [0.1, 0.15) is 4.21 Å². The standard InChI is InChI=1S/C22H16F3NO2S2/c1-13-12-26-21-16(7-4-8-17(21)22(23,24)25)20(13)15-6-3-5-14(11-15)18-9-10-19(29-18)30(2,27)28/h3-12H,1-2H3. The van der Waals surface area contributed by atoms with E-state index in [1.165, 1.54) is 12.3 Å². The van der Waals surface area contributed by atoms with Crippen molar-refractivity contribution in [3.63, 3.8) is 0 Å².